The van der Waals surface area contributed by atoms with Gasteiger partial charge in [0, 0.05) is 18.2 Å². The third kappa shape index (κ3) is 5.24. The van der Waals surface area contributed by atoms with E-state index in [-0.39, 0.29) is 40.0 Å². The van der Waals surface area contributed by atoms with Crippen molar-refractivity contribution in [2.45, 2.75) is 56.3 Å². The summed E-state index contributed by atoms with van der Waals surface area (Å²) in [5.74, 6) is -1.21. The first-order chi connectivity index (χ1) is 18.9. The molecule has 1 saturated heterocycles. The molecule has 0 radical (unpaired) electrons. The predicted octanol–water partition coefficient (Wildman–Crippen LogP) is 5.78. The number of hydrogen-bond donors (Lipinski definition) is 2. The number of fused-ring (bicyclic) bond motifs is 1. The number of carbonyl (C=O) groups is 1. The zero-order valence-electron chi connectivity index (χ0n) is 21.9. The topological polar surface area (TPSA) is 112 Å². The monoisotopic (exact) mass is 574 g/mol. The summed E-state index contributed by atoms with van der Waals surface area (Å²) in [5.41, 5.74) is -0.416. The number of benzene rings is 1. The summed E-state index contributed by atoms with van der Waals surface area (Å²) in [6, 6.07) is 12.9. The maximum Gasteiger partial charge on any atom is 0.418 e. The second kappa shape index (κ2) is 10.4. The Morgan fingerprint density at radius 2 is 1.82 bits per heavy atom. The molecule has 2 N–H and O–H groups in total. The van der Waals surface area contributed by atoms with Crippen LogP contribution in [-0.4, -0.2) is 42.0 Å². The number of anilines is 2. The zero-order chi connectivity index (χ0) is 28.8. The van der Waals surface area contributed by atoms with E-state index in [2.05, 4.69) is 14.7 Å². The van der Waals surface area contributed by atoms with Gasteiger partial charge in [-0.15, -0.1) is 0 Å². The molecule has 1 saturated carbocycles. The highest BCUT2D eigenvalue weighted by molar-refractivity contribution is 7.92. The van der Waals surface area contributed by atoms with Crippen molar-refractivity contribution < 1.29 is 31.5 Å². The lowest BCUT2D eigenvalue weighted by molar-refractivity contribution is -0.149. The van der Waals surface area contributed by atoms with Crippen molar-refractivity contribution in [3.63, 3.8) is 0 Å². The van der Waals surface area contributed by atoms with Gasteiger partial charge < -0.3 is 10.0 Å². The highest BCUT2D eigenvalue weighted by Crippen LogP contribution is 2.45. The Hall–Kier alpha value is -3.67. The van der Waals surface area contributed by atoms with Gasteiger partial charge in [0.1, 0.15) is 11.6 Å². The van der Waals surface area contributed by atoms with E-state index in [0.29, 0.717) is 24.3 Å². The van der Waals surface area contributed by atoms with Gasteiger partial charge in [0.25, 0.3) is 10.0 Å². The number of carboxylic acid groups (broad SMARTS) is 1. The Morgan fingerprint density at radius 1 is 1.07 bits per heavy atom. The van der Waals surface area contributed by atoms with Gasteiger partial charge in [0.2, 0.25) is 0 Å². The number of carboxylic acids is 1. The fourth-order valence-corrected chi connectivity index (χ4v) is 6.70. The average molecular weight is 575 g/mol. The van der Waals surface area contributed by atoms with Crippen LogP contribution in [-0.2, 0) is 21.0 Å². The van der Waals surface area contributed by atoms with Crippen LogP contribution in [0.4, 0.5) is 24.8 Å². The molecule has 5 rings (SSSR count). The minimum atomic E-state index is -4.70. The van der Waals surface area contributed by atoms with Crippen molar-refractivity contribution in [2.24, 2.45) is 11.8 Å². The Morgan fingerprint density at radius 3 is 2.52 bits per heavy atom. The summed E-state index contributed by atoms with van der Waals surface area (Å²) in [6.07, 6.45) is -2.68. The number of aliphatic carboxylic acids is 1. The molecule has 2 aliphatic rings. The SMILES string of the molecule is CC(C)c1ccccc1-c1nc(NS(=O)(=O)c2cccc(N3CCCC4C(C(=O)O)CC43)n2)ccc1C(F)(F)F. The highest BCUT2D eigenvalue weighted by Gasteiger charge is 2.49. The molecule has 0 spiro atoms. The molecule has 212 valence electrons. The van der Waals surface area contributed by atoms with Crippen LogP contribution in [0.3, 0.4) is 0 Å². The lowest BCUT2D eigenvalue weighted by Crippen LogP contribution is -2.58. The Balaban J connectivity index is 1.46. The molecular formula is C28H29F3N4O4S. The van der Waals surface area contributed by atoms with Crippen molar-refractivity contribution in [1.82, 2.24) is 9.97 Å². The van der Waals surface area contributed by atoms with Gasteiger partial charge in [-0.05, 0) is 60.9 Å². The lowest BCUT2D eigenvalue weighted by Gasteiger charge is -2.52. The van der Waals surface area contributed by atoms with Crippen LogP contribution < -0.4 is 9.62 Å². The summed E-state index contributed by atoms with van der Waals surface area (Å²) in [6.45, 7) is 4.33. The standard InChI is InChI=1S/C28H29F3N4O4S/c1-16(2)17-7-3-4-8-19(17)26-21(28(29,30)31)12-13-23(32-26)34-40(38,39)25-11-5-10-24(33-25)35-14-6-9-18-20(27(36)37)15-22(18)35/h3-5,7-8,10-13,16,18,20,22H,6,9,14-15H2,1-2H3,(H,32,34)(H,36,37). The van der Waals surface area contributed by atoms with E-state index in [1.807, 2.05) is 18.7 Å². The van der Waals surface area contributed by atoms with Crippen molar-refractivity contribution >= 4 is 27.6 Å². The van der Waals surface area contributed by atoms with Crippen LogP contribution in [0.1, 0.15) is 50.2 Å². The van der Waals surface area contributed by atoms with E-state index in [0.717, 1.165) is 25.0 Å². The molecule has 3 aromatic rings. The number of pyridine rings is 2. The number of sulfonamides is 1. The first kappa shape index (κ1) is 27.9. The molecule has 0 amide bonds. The molecule has 0 bridgehead atoms. The quantitative estimate of drug-likeness (QED) is 0.368. The van der Waals surface area contributed by atoms with Gasteiger partial charge in [-0.25, -0.2) is 9.97 Å². The molecule has 1 aromatic carbocycles. The third-order valence-electron chi connectivity index (χ3n) is 7.72. The number of rotatable bonds is 7. The van der Waals surface area contributed by atoms with Crippen molar-refractivity contribution in [2.75, 3.05) is 16.2 Å². The predicted molar refractivity (Wildman–Crippen MR) is 143 cm³/mol. The Labute approximate surface area is 230 Å². The van der Waals surface area contributed by atoms with Crippen LogP contribution in [0.5, 0.6) is 0 Å². The summed E-state index contributed by atoms with van der Waals surface area (Å²) in [4.78, 5) is 21.9. The van der Waals surface area contributed by atoms with E-state index in [9.17, 15) is 31.5 Å². The number of hydrogen-bond acceptors (Lipinski definition) is 6. The van der Waals surface area contributed by atoms with Gasteiger partial charge in [0.15, 0.2) is 5.03 Å². The number of nitrogens with one attached hydrogen (secondary N) is 1. The number of halogens is 3. The van der Waals surface area contributed by atoms with E-state index in [1.165, 1.54) is 12.1 Å². The first-order valence-electron chi connectivity index (χ1n) is 13.0. The van der Waals surface area contributed by atoms with E-state index in [1.54, 1.807) is 30.3 Å². The Kier molecular flexibility index (Phi) is 7.24. The molecule has 3 heterocycles. The van der Waals surface area contributed by atoms with Gasteiger partial charge in [-0.3, -0.25) is 9.52 Å². The maximum atomic E-state index is 13.9. The van der Waals surface area contributed by atoms with E-state index >= 15 is 0 Å². The summed E-state index contributed by atoms with van der Waals surface area (Å²) >= 11 is 0. The van der Waals surface area contributed by atoms with Crippen LogP contribution >= 0.6 is 0 Å². The normalized spacial score (nSPS) is 21.1. The van der Waals surface area contributed by atoms with Gasteiger partial charge >= 0.3 is 12.1 Å². The fraction of sp³-hybridized carbons (Fsp3) is 0.393. The third-order valence-corrected chi connectivity index (χ3v) is 8.97. The number of aromatic nitrogens is 2. The molecule has 2 aromatic heterocycles. The van der Waals surface area contributed by atoms with Crippen LogP contribution in [0.15, 0.2) is 59.6 Å². The minimum absolute atomic E-state index is 0.0186. The molecule has 12 heteroatoms. The van der Waals surface area contributed by atoms with E-state index in [4.69, 9.17) is 0 Å². The minimum Gasteiger partial charge on any atom is -0.481 e. The first-order valence-corrected chi connectivity index (χ1v) is 14.5. The van der Waals surface area contributed by atoms with Gasteiger partial charge in [-0.2, -0.15) is 21.6 Å². The molecule has 3 unspecified atom stereocenters. The zero-order valence-corrected chi connectivity index (χ0v) is 22.7. The number of piperidine rings is 1. The molecule has 2 fully saturated rings. The number of nitrogens with zero attached hydrogens (tertiary/aromatic N) is 3. The Bertz CT molecular complexity index is 1540. The van der Waals surface area contributed by atoms with Crippen molar-refractivity contribution in [3.05, 3.63) is 65.7 Å². The molecule has 8 nitrogen and oxygen atoms in total. The maximum absolute atomic E-state index is 13.9. The van der Waals surface area contributed by atoms with Gasteiger partial charge in [0.05, 0.1) is 17.2 Å². The molecular weight excluding hydrogens is 545 g/mol. The van der Waals surface area contributed by atoms with Crippen LogP contribution in [0, 0.1) is 11.8 Å². The largest absolute Gasteiger partial charge is 0.481 e. The highest BCUT2D eigenvalue weighted by atomic mass is 32.2. The fourth-order valence-electron chi connectivity index (χ4n) is 5.74. The summed E-state index contributed by atoms with van der Waals surface area (Å²) in [7, 11) is -4.31. The van der Waals surface area contributed by atoms with Crippen molar-refractivity contribution in [1.29, 1.82) is 0 Å². The van der Waals surface area contributed by atoms with Crippen LogP contribution in [0.25, 0.3) is 11.3 Å². The second-order valence-electron chi connectivity index (χ2n) is 10.5. The smallest absolute Gasteiger partial charge is 0.418 e. The van der Waals surface area contributed by atoms with Gasteiger partial charge in [-0.1, -0.05) is 44.2 Å². The number of alkyl halides is 3. The lowest BCUT2D eigenvalue weighted by atomic mass is 9.64. The summed E-state index contributed by atoms with van der Waals surface area (Å²) in [5, 5.41) is 9.11. The van der Waals surface area contributed by atoms with Crippen molar-refractivity contribution in [3.8, 4) is 11.3 Å². The summed E-state index contributed by atoms with van der Waals surface area (Å²) < 4.78 is 70.7. The molecule has 3 atom stereocenters. The van der Waals surface area contributed by atoms with E-state index < -0.39 is 33.7 Å². The molecule has 1 aliphatic carbocycles. The molecule has 40 heavy (non-hydrogen) atoms. The average Bonchev–Trinajstić information content (AvgIpc) is 2.88. The van der Waals surface area contributed by atoms with Crippen LogP contribution in [0.2, 0.25) is 0 Å². The molecule has 1 aliphatic heterocycles. The second-order valence-corrected chi connectivity index (χ2v) is 12.1.